The summed E-state index contributed by atoms with van der Waals surface area (Å²) in [6.45, 7) is 12.6. The molecule has 2 aromatic rings. The summed E-state index contributed by atoms with van der Waals surface area (Å²) in [5.74, 6) is -0.447. The number of carbonyl (C=O) groups excluding carboxylic acids is 3. The highest BCUT2D eigenvalue weighted by Crippen LogP contribution is 2.40. The van der Waals surface area contributed by atoms with E-state index in [1.807, 2.05) is 10.2 Å². The van der Waals surface area contributed by atoms with E-state index in [2.05, 4.69) is 86.1 Å². The van der Waals surface area contributed by atoms with Gasteiger partial charge in [-0.3, -0.25) is 24.6 Å². The molecule has 2 aliphatic heterocycles. The smallest absolute Gasteiger partial charge is 0.250 e. The van der Waals surface area contributed by atoms with Crippen molar-refractivity contribution in [3.8, 4) is 0 Å². The van der Waals surface area contributed by atoms with Crippen LogP contribution in [-0.4, -0.2) is 82.1 Å². The van der Waals surface area contributed by atoms with Gasteiger partial charge in [-0.1, -0.05) is 43.0 Å². The largest absolute Gasteiger partial charge is 0.361 e. The number of nitrogens with one attached hydrogen (secondary N) is 2. The molecule has 3 amide bonds. The van der Waals surface area contributed by atoms with E-state index in [1.54, 1.807) is 0 Å². The number of H-pyrrole nitrogens is 1. The number of imide groups is 1. The minimum Gasteiger partial charge on any atom is -0.361 e. The van der Waals surface area contributed by atoms with Crippen molar-refractivity contribution in [2.75, 3.05) is 26.7 Å². The van der Waals surface area contributed by atoms with Crippen molar-refractivity contribution in [3.05, 3.63) is 77.7 Å². The van der Waals surface area contributed by atoms with Gasteiger partial charge in [-0.05, 0) is 50.1 Å². The molecule has 0 unspecified atom stereocenters. The molecule has 14 heteroatoms. The Morgan fingerprint density at radius 2 is 1.71 bits per heavy atom. The van der Waals surface area contributed by atoms with Gasteiger partial charge in [0.15, 0.2) is 19.6 Å². The number of aromatic amines is 1. The van der Waals surface area contributed by atoms with Crippen molar-refractivity contribution >= 4 is 65.4 Å². The fourth-order valence-electron chi connectivity index (χ4n) is 4.80. The number of likely N-dealkylation sites (N-methyl/N-ethyl adjacent to an activating group) is 1. The van der Waals surface area contributed by atoms with Crippen LogP contribution in [0.4, 0.5) is 0 Å². The van der Waals surface area contributed by atoms with Crippen LogP contribution >= 0.6 is 11.7 Å². The molecule has 1 aromatic carbocycles. The molecule has 1 aliphatic carbocycles. The molecular weight excluding hydrogens is 601 g/mol. The number of hydrogen-bond acceptors (Lipinski definition) is 8. The van der Waals surface area contributed by atoms with Crippen LogP contribution in [0.15, 0.2) is 66.6 Å². The number of benzene rings is 1. The van der Waals surface area contributed by atoms with Crippen LogP contribution in [0.1, 0.15) is 25.0 Å². The van der Waals surface area contributed by atoms with Gasteiger partial charge in [0.05, 0.1) is 5.92 Å². The number of amides is 3. The van der Waals surface area contributed by atoms with E-state index in [4.69, 9.17) is 8.42 Å². The molecule has 3 heterocycles. The van der Waals surface area contributed by atoms with Crippen LogP contribution in [0.5, 0.6) is 0 Å². The Bertz CT molecular complexity index is 1550. The van der Waals surface area contributed by atoms with Gasteiger partial charge in [0.2, 0.25) is 5.91 Å². The van der Waals surface area contributed by atoms with Crippen molar-refractivity contribution in [1.82, 2.24) is 20.1 Å². The fourth-order valence-corrected chi connectivity index (χ4v) is 4.94. The molecule has 228 valence electrons. The first kappa shape index (κ1) is 34.7. The van der Waals surface area contributed by atoms with Gasteiger partial charge in [-0.15, -0.1) is 0 Å². The van der Waals surface area contributed by atoms with E-state index in [0.29, 0.717) is 6.04 Å². The number of carbonyl (C=O) groups is 3. The summed E-state index contributed by atoms with van der Waals surface area (Å²) in [7, 11) is -3.40. The van der Waals surface area contributed by atoms with Crippen LogP contribution in [0.2, 0.25) is 0 Å². The summed E-state index contributed by atoms with van der Waals surface area (Å²) in [5.41, 5.74) is 5.21. The second kappa shape index (κ2) is 15.7. The van der Waals surface area contributed by atoms with Crippen molar-refractivity contribution in [2.24, 2.45) is 5.92 Å². The fraction of sp³-hybridized carbons (Fsp3) is 0.321. The lowest BCUT2D eigenvalue weighted by atomic mass is 9.79. The first-order valence-corrected chi connectivity index (χ1v) is 16.9. The lowest BCUT2D eigenvalue weighted by Crippen LogP contribution is -2.47. The zero-order valence-electron chi connectivity index (χ0n) is 23.6. The molecule has 11 nitrogen and oxygen atoms in total. The number of aromatic nitrogens is 1. The third-order valence-corrected chi connectivity index (χ3v) is 7.69. The first-order valence-electron chi connectivity index (χ1n) is 12.9. The summed E-state index contributed by atoms with van der Waals surface area (Å²) in [4.78, 5) is 40.6. The zero-order valence-corrected chi connectivity index (χ0v) is 26.3. The monoisotopic (exact) mass is 636 g/mol. The van der Waals surface area contributed by atoms with Gasteiger partial charge in [0.1, 0.15) is 0 Å². The third-order valence-electron chi connectivity index (χ3n) is 6.76. The maximum Gasteiger partial charge on any atom is 0.250 e. The second-order valence-corrected chi connectivity index (χ2v) is 12.6. The highest BCUT2D eigenvalue weighted by Gasteiger charge is 2.36. The molecule has 42 heavy (non-hydrogen) atoms. The summed E-state index contributed by atoms with van der Waals surface area (Å²) >= 11 is 2.92. The predicted octanol–water partition coefficient (Wildman–Crippen LogP) is 2.24. The Labute approximate surface area is 252 Å². The van der Waals surface area contributed by atoms with E-state index in [1.165, 1.54) is 39.8 Å². The summed E-state index contributed by atoms with van der Waals surface area (Å²) in [5, 5.41) is 5.06. The molecule has 0 fully saturated rings. The molecule has 1 aromatic heterocycles. The Hall–Kier alpha value is -3.46. The van der Waals surface area contributed by atoms with Gasteiger partial charge < -0.3 is 9.88 Å². The standard InChI is InChI=1S/C20H25N3O.C4H3NO2.C4H6O2S.H2O2S2/c1-4-23(5-2)20(24)14-9-16-15-7-6-8-17-19(15)13(11-21-17)10-18(16)22(3)12-14;6-3-1-2-4(7)5-3;1-3-7(5,6)4-2;1-4(2)3/h6-9,11,14,18,21H,4-5,10,12H2,1-3H3;1-2H,(H,5,6,7);3-4H,1-2H2;4H,(H,1,2,3)/t14-,18-;;;/m1.../s1. The van der Waals surface area contributed by atoms with Gasteiger partial charge in [0, 0.05) is 65.7 Å². The molecule has 2 atom stereocenters. The SMILES string of the molecule is C=CS(=O)(=O)C=C.CCN(CC)C(=O)[C@@H]1C=C2c3cccc4[nH]cc(c34)C[C@H]2N(C)C1.O=C1C=CC(=O)N1.O=[SH](=O)S. The van der Waals surface area contributed by atoms with E-state index in [-0.39, 0.29) is 23.6 Å². The number of thiol groups is 2. The van der Waals surface area contributed by atoms with Crippen LogP contribution in [0, 0.1) is 5.92 Å². The van der Waals surface area contributed by atoms with E-state index in [9.17, 15) is 22.8 Å². The Morgan fingerprint density at radius 1 is 1.14 bits per heavy atom. The van der Waals surface area contributed by atoms with Crippen LogP contribution in [0.3, 0.4) is 0 Å². The number of rotatable bonds is 5. The molecular formula is C28H36N4O7S3. The van der Waals surface area contributed by atoms with Gasteiger partial charge >= 0.3 is 0 Å². The lowest BCUT2D eigenvalue weighted by Gasteiger charge is -2.40. The highest BCUT2D eigenvalue weighted by atomic mass is 33.1. The molecule has 0 bridgehead atoms. The van der Waals surface area contributed by atoms with Gasteiger partial charge in [0.25, 0.3) is 11.8 Å². The van der Waals surface area contributed by atoms with Crippen LogP contribution < -0.4 is 5.32 Å². The number of sulfone groups is 1. The quantitative estimate of drug-likeness (QED) is 0.222. The first-order chi connectivity index (χ1) is 19.8. The number of fused-ring (bicyclic) bond motifs is 2. The summed E-state index contributed by atoms with van der Waals surface area (Å²) < 4.78 is 38.1. The van der Waals surface area contributed by atoms with Crippen molar-refractivity contribution in [3.63, 3.8) is 0 Å². The molecule has 3 aliphatic rings. The van der Waals surface area contributed by atoms with E-state index < -0.39 is 19.6 Å². The Morgan fingerprint density at radius 3 is 2.17 bits per heavy atom. The molecule has 0 radical (unpaired) electrons. The van der Waals surface area contributed by atoms with Gasteiger partial charge in [-0.2, -0.15) is 0 Å². The number of nitrogens with zero attached hydrogens (tertiary/aromatic N) is 2. The topological polar surface area (TPSA) is 154 Å². The molecule has 0 saturated carbocycles. The molecule has 0 saturated heterocycles. The van der Waals surface area contributed by atoms with Crippen molar-refractivity contribution in [2.45, 2.75) is 26.3 Å². The molecule has 0 spiro atoms. The van der Waals surface area contributed by atoms with Crippen molar-refractivity contribution in [1.29, 1.82) is 0 Å². The minimum absolute atomic E-state index is 0.0445. The third kappa shape index (κ3) is 9.28. The molecule has 2 N–H and O–H groups in total. The Balaban J connectivity index is 0.000000280. The highest BCUT2D eigenvalue weighted by molar-refractivity contribution is 8.54. The zero-order chi connectivity index (χ0) is 31.6. The summed E-state index contributed by atoms with van der Waals surface area (Å²) in [6.07, 6.45) is 7.80. The van der Waals surface area contributed by atoms with E-state index >= 15 is 0 Å². The molecule has 5 rings (SSSR count). The van der Waals surface area contributed by atoms with Crippen LogP contribution in [0.25, 0.3) is 16.5 Å². The predicted molar refractivity (Wildman–Crippen MR) is 169 cm³/mol. The normalized spacial score (nSPS) is 18.6. The minimum atomic E-state index is -3.13. The lowest BCUT2D eigenvalue weighted by molar-refractivity contribution is -0.134. The number of hydrogen-bond donors (Lipinski definition) is 4. The average molecular weight is 637 g/mol. The summed E-state index contributed by atoms with van der Waals surface area (Å²) in [6, 6.07) is 6.82. The van der Waals surface area contributed by atoms with E-state index in [0.717, 1.165) is 36.9 Å². The second-order valence-electron chi connectivity index (χ2n) is 9.29. The average Bonchev–Trinajstić information content (AvgIpc) is 3.55. The maximum atomic E-state index is 12.9. The maximum absolute atomic E-state index is 12.9. The van der Waals surface area contributed by atoms with Crippen molar-refractivity contribution < 1.29 is 31.2 Å². The van der Waals surface area contributed by atoms with Crippen LogP contribution in [-0.2, 0) is 40.4 Å². The Kier molecular flexibility index (Phi) is 13.0. The van der Waals surface area contributed by atoms with Gasteiger partial charge in [-0.25, -0.2) is 16.8 Å².